The molecule has 1 aromatic carbocycles. The van der Waals surface area contributed by atoms with Crippen LogP contribution in [0.4, 0.5) is 4.39 Å². The highest BCUT2D eigenvalue weighted by Crippen LogP contribution is 2.30. The Balaban J connectivity index is 1.39. The molecule has 1 fully saturated rings. The Labute approximate surface area is 169 Å². The van der Waals surface area contributed by atoms with E-state index < -0.39 is 5.82 Å². The molecule has 1 saturated heterocycles. The molecule has 148 valence electrons. The molecule has 1 aliphatic rings. The van der Waals surface area contributed by atoms with E-state index in [4.69, 9.17) is 4.42 Å². The quantitative estimate of drug-likeness (QED) is 0.509. The summed E-state index contributed by atoms with van der Waals surface area (Å²) in [5.74, 6) is 0.0945. The Morgan fingerprint density at radius 3 is 3.03 bits per heavy atom. The van der Waals surface area contributed by atoms with Crippen molar-refractivity contribution < 1.29 is 13.6 Å². The number of aryl methyl sites for hydroxylation is 1. The summed E-state index contributed by atoms with van der Waals surface area (Å²) in [6.45, 7) is 2.86. The highest BCUT2D eigenvalue weighted by atomic mass is 32.1. The van der Waals surface area contributed by atoms with Gasteiger partial charge in [0.1, 0.15) is 0 Å². The number of hydrogen-bond acceptors (Lipinski definition) is 6. The SMILES string of the molecule is Cc1c(C(=O)N2CCC[C@H]2Cn2nnc(-c3cccs3)n2)oc2c(F)cccc12. The molecule has 4 heterocycles. The minimum absolute atomic E-state index is 0.0645. The van der Waals surface area contributed by atoms with Crippen LogP contribution < -0.4 is 0 Å². The fourth-order valence-electron chi connectivity index (χ4n) is 3.85. The molecule has 0 unspecified atom stereocenters. The van der Waals surface area contributed by atoms with Gasteiger partial charge in [0, 0.05) is 17.5 Å². The van der Waals surface area contributed by atoms with E-state index in [9.17, 15) is 9.18 Å². The van der Waals surface area contributed by atoms with Crippen molar-refractivity contribution in [2.24, 2.45) is 0 Å². The van der Waals surface area contributed by atoms with Crippen LogP contribution in [0.1, 0.15) is 29.0 Å². The minimum atomic E-state index is -0.462. The summed E-state index contributed by atoms with van der Waals surface area (Å²) in [5.41, 5.74) is 0.789. The molecule has 1 amide bonds. The van der Waals surface area contributed by atoms with E-state index >= 15 is 0 Å². The van der Waals surface area contributed by atoms with E-state index in [0.717, 1.165) is 17.7 Å². The Morgan fingerprint density at radius 2 is 2.24 bits per heavy atom. The number of thiophene rings is 1. The van der Waals surface area contributed by atoms with Crippen molar-refractivity contribution in [3.05, 3.63) is 52.9 Å². The van der Waals surface area contributed by atoms with Crippen LogP contribution in [0, 0.1) is 12.7 Å². The van der Waals surface area contributed by atoms with Crippen LogP contribution in [-0.2, 0) is 6.54 Å². The second kappa shape index (κ2) is 7.07. The van der Waals surface area contributed by atoms with Crippen LogP contribution in [0.15, 0.2) is 40.1 Å². The van der Waals surface area contributed by atoms with Crippen molar-refractivity contribution in [1.29, 1.82) is 0 Å². The largest absolute Gasteiger partial charge is 0.448 e. The second-order valence-electron chi connectivity index (χ2n) is 7.11. The van der Waals surface area contributed by atoms with Gasteiger partial charge < -0.3 is 9.32 Å². The number of nitrogens with zero attached hydrogens (tertiary/aromatic N) is 5. The normalized spacial score (nSPS) is 16.8. The van der Waals surface area contributed by atoms with Crippen molar-refractivity contribution in [2.75, 3.05) is 6.54 Å². The summed E-state index contributed by atoms with van der Waals surface area (Å²) in [5, 5.41) is 15.3. The number of likely N-dealkylation sites (tertiary alicyclic amines) is 1. The summed E-state index contributed by atoms with van der Waals surface area (Å²) in [6, 6.07) is 8.54. The molecule has 0 bridgehead atoms. The molecule has 0 saturated carbocycles. The Hall–Kier alpha value is -3.07. The van der Waals surface area contributed by atoms with Crippen molar-refractivity contribution in [1.82, 2.24) is 25.1 Å². The molecule has 1 atom stereocenters. The monoisotopic (exact) mass is 411 g/mol. The lowest BCUT2D eigenvalue weighted by Crippen LogP contribution is -2.38. The lowest BCUT2D eigenvalue weighted by molar-refractivity contribution is 0.0686. The van der Waals surface area contributed by atoms with Gasteiger partial charge in [-0.2, -0.15) is 4.80 Å². The maximum absolute atomic E-state index is 14.1. The standard InChI is InChI=1S/C20H18FN5O2S/c1-12-14-6-2-7-15(21)18(14)28-17(12)20(27)25-9-3-5-13(25)11-26-23-19(22-24-26)16-8-4-10-29-16/h2,4,6-8,10,13H,3,5,9,11H2,1H3/t13-/m0/s1. The third kappa shape index (κ3) is 3.11. The maximum Gasteiger partial charge on any atom is 0.290 e. The molecule has 0 N–H and O–H groups in total. The molecular formula is C20H18FN5O2S. The number of benzene rings is 1. The predicted molar refractivity (Wildman–Crippen MR) is 106 cm³/mol. The van der Waals surface area contributed by atoms with E-state index in [1.165, 1.54) is 10.9 Å². The second-order valence-corrected chi connectivity index (χ2v) is 8.06. The van der Waals surface area contributed by atoms with Gasteiger partial charge in [0.2, 0.25) is 5.82 Å². The molecule has 0 radical (unpaired) electrons. The Kier molecular flexibility index (Phi) is 4.39. The Bertz CT molecular complexity index is 1180. The van der Waals surface area contributed by atoms with Gasteiger partial charge in [-0.3, -0.25) is 4.79 Å². The summed E-state index contributed by atoms with van der Waals surface area (Å²) in [7, 11) is 0. The van der Waals surface area contributed by atoms with Gasteiger partial charge in [-0.15, -0.1) is 21.5 Å². The lowest BCUT2D eigenvalue weighted by atomic mass is 10.1. The third-order valence-corrected chi connectivity index (χ3v) is 6.18. The first-order valence-corrected chi connectivity index (χ1v) is 10.3. The number of halogens is 1. The van der Waals surface area contributed by atoms with E-state index in [-0.39, 0.29) is 23.3 Å². The first-order chi connectivity index (χ1) is 14.1. The van der Waals surface area contributed by atoms with E-state index in [2.05, 4.69) is 15.4 Å². The number of para-hydroxylation sites is 1. The molecule has 0 aliphatic carbocycles. The molecule has 0 spiro atoms. The zero-order valence-corrected chi connectivity index (χ0v) is 16.5. The maximum atomic E-state index is 14.1. The topological polar surface area (TPSA) is 77.1 Å². The van der Waals surface area contributed by atoms with Crippen LogP contribution >= 0.6 is 11.3 Å². The zero-order chi connectivity index (χ0) is 20.0. The van der Waals surface area contributed by atoms with Crippen LogP contribution in [-0.4, -0.2) is 43.6 Å². The molecule has 5 rings (SSSR count). The predicted octanol–water partition coefficient (Wildman–Crippen LogP) is 3.90. The molecule has 29 heavy (non-hydrogen) atoms. The lowest BCUT2D eigenvalue weighted by Gasteiger charge is -2.23. The number of aromatic nitrogens is 4. The third-order valence-electron chi connectivity index (χ3n) is 5.32. The van der Waals surface area contributed by atoms with E-state index in [1.54, 1.807) is 35.3 Å². The van der Waals surface area contributed by atoms with Crippen molar-refractivity contribution in [3.8, 4) is 10.7 Å². The van der Waals surface area contributed by atoms with Gasteiger partial charge in [-0.25, -0.2) is 4.39 Å². The fourth-order valence-corrected chi connectivity index (χ4v) is 4.50. The summed E-state index contributed by atoms with van der Waals surface area (Å²) >= 11 is 1.55. The highest BCUT2D eigenvalue weighted by Gasteiger charge is 2.33. The first-order valence-electron chi connectivity index (χ1n) is 9.42. The van der Waals surface area contributed by atoms with Gasteiger partial charge in [-0.05, 0) is 42.5 Å². The van der Waals surface area contributed by atoms with Crippen LogP contribution in [0.2, 0.25) is 0 Å². The zero-order valence-electron chi connectivity index (χ0n) is 15.7. The number of furan rings is 1. The number of rotatable bonds is 4. The van der Waals surface area contributed by atoms with Gasteiger partial charge in [0.05, 0.1) is 17.5 Å². The average Bonchev–Trinajstić information content (AvgIpc) is 3.49. The number of carbonyl (C=O) groups excluding carboxylic acids is 1. The van der Waals surface area contributed by atoms with Crippen molar-refractivity contribution in [2.45, 2.75) is 32.4 Å². The van der Waals surface area contributed by atoms with Crippen LogP contribution in [0.3, 0.4) is 0 Å². The summed E-state index contributed by atoms with van der Waals surface area (Å²) in [4.78, 5) is 17.5. The summed E-state index contributed by atoms with van der Waals surface area (Å²) in [6.07, 6.45) is 1.73. The average molecular weight is 411 g/mol. The number of amides is 1. The molecule has 9 heteroatoms. The number of fused-ring (bicyclic) bond motifs is 1. The first kappa shape index (κ1) is 18.0. The molecule has 4 aromatic rings. The number of carbonyl (C=O) groups is 1. The summed E-state index contributed by atoms with van der Waals surface area (Å²) < 4.78 is 19.7. The molecular weight excluding hydrogens is 393 g/mol. The molecule has 7 nitrogen and oxygen atoms in total. The highest BCUT2D eigenvalue weighted by molar-refractivity contribution is 7.13. The van der Waals surface area contributed by atoms with E-state index in [0.29, 0.717) is 29.9 Å². The number of hydrogen-bond donors (Lipinski definition) is 0. The number of tetrazole rings is 1. The van der Waals surface area contributed by atoms with Crippen LogP contribution in [0.25, 0.3) is 21.7 Å². The Morgan fingerprint density at radius 1 is 1.34 bits per heavy atom. The minimum Gasteiger partial charge on any atom is -0.448 e. The van der Waals surface area contributed by atoms with Crippen LogP contribution in [0.5, 0.6) is 0 Å². The molecule has 3 aromatic heterocycles. The fraction of sp³-hybridized carbons (Fsp3) is 0.300. The van der Waals surface area contributed by atoms with Gasteiger partial charge >= 0.3 is 0 Å². The van der Waals surface area contributed by atoms with Gasteiger partial charge in [-0.1, -0.05) is 18.2 Å². The van der Waals surface area contributed by atoms with E-state index in [1.807, 2.05) is 17.5 Å². The van der Waals surface area contributed by atoms with Gasteiger partial charge in [0.15, 0.2) is 17.2 Å². The van der Waals surface area contributed by atoms with Gasteiger partial charge in [0.25, 0.3) is 5.91 Å². The smallest absolute Gasteiger partial charge is 0.290 e. The van der Waals surface area contributed by atoms with Crippen molar-refractivity contribution >= 4 is 28.2 Å². The van der Waals surface area contributed by atoms with Crippen molar-refractivity contribution in [3.63, 3.8) is 0 Å². The molecule has 1 aliphatic heterocycles.